The number of hydrogen-bond donors (Lipinski definition) is 1. The van der Waals surface area contributed by atoms with E-state index in [1.807, 2.05) is 24.3 Å². The van der Waals surface area contributed by atoms with Crippen LogP contribution in [0, 0.1) is 0 Å². The minimum absolute atomic E-state index is 0.403. The van der Waals surface area contributed by atoms with E-state index in [2.05, 4.69) is 0 Å². The van der Waals surface area contributed by atoms with Gasteiger partial charge in [-0.2, -0.15) is 0 Å². The lowest BCUT2D eigenvalue weighted by Crippen LogP contribution is -1.89. The van der Waals surface area contributed by atoms with Crippen molar-refractivity contribution in [2.75, 3.05) is 12.8 Å². The molecule has 0 spiro atoms. The largest absolute Gasteiger partial charge is 0.497 e. The molecule has 88 valence electrons. The average Bonchev–Trinajstić information content (AvgIpc) is 2.35. The number of rotatable bonds is 2. The van der Waals surface area contributed by atoms with E-state index in [-0.39, 0.29) is 0 Å². The second-order valence-corrected chi connectivity index (χ2v) is 4.40. The van der Waals surface area contributed by atoms with Crippen LogP contribution in [0.25, 0.3) is 11.1 Å². The lowest BCUT2D eigenvalue weighted by Gasteiger charge is -2.08. The number of methoxy groups -OCH3 is 1. The topological polar surface area (TPSA) is 35.2 Å². The summed E-state index contributed by atoms with van der Waals surface area (Å²) >= 11 is 12.0. The van der Waals surface area contributed by atoms with Crippen LogP contribution in [0.2, 0.25) is 10.0 Å². The molecular weight excluding hydrogens is 257 g/mol. The number of nitrogens with two attached hydrogens (primary N) is 1. The average molecular weight is 268 g/mol. The van der Waals surface area contributed by atoms with Crippen LogP contribution >= 0.6 is 23.2 Å². The number of anilines is 1. The summed E-state index contributed by atoms with van der Waals surface area (Å²) < 4.78 is 5.17. The Morgan fingerprint density at radius 2 is 1.65 bits per heavy atom. The van der Waals surface area contributed by atoms with E-state index in [1.165, 1.54) is 0 Å². The standard InChI is InChI=1S/C13H11Cl2NO/c1-17-10-4-2-3-8(5-10)9-6-11(14)13(16)12(15)7-9/h2-7H,16H2,1H3. The first kappa shape index (κ1) is 12.1. The highest BCUT2D eigenvalue weighted by molar-refractivity contribution is 6.39. The van der Waals surface area contributed by atoms with E-state index in [1.54, 1.807) is 19.2 Å². The molecule has 0 aliphatic carbocycles. The fourth-order valence-corrected chi connectivity index (χ4v) is 2.04. The predicted octanol–water partition coefficient (Wildman–Crippen LogP) is 4.25. The molecule has 0 radical (unpaired) electrons. The van der Waals surface area contributed by atoms with Gasteiger partial charge in [0.05, 0.1) is 22.8 Å². The summed E-state index contributed by atoms with van der Waals surface area (Å²) in [7, 11) is 1.63. The fraction of sp³-hybridized carbons (Fsp3) is 0.0769. The Bertz CT molecular complexity index is 532. The molecule has 0 aromatic heterocycles. The van der Waals surface area contributed by atoms with Gasteiger partial charge in [-0.05, 0) is 35.4 Å². The highest BCUT2D eigenvalue weighted by Crippen LogP contribution is 2.34. The van der Waals surface area contributed by atoms with Gasteiger partial charge in [-0.25, -0.2) is 0 Å². The van der Waals surface area contributed by atoms with Crippen molar-refractivity contribution in [1.82, 2.24) is 0 Å². The van der Waals surface area contributed by atoms with Crippen molar-refractivity contribution in [3.05, 3.63) is 46.4 Å². The molecule has 2 rings (SSSR count). The maximum Gasteiger partial charge on any atom is 0.119 e. The first-order valence-corrected chi connectivity index (χ1v) is 5.76. The summed E-state index contributed by atoms with van der Waals surface area (Å²) in [6.07, 6.45) is 0. The van der Waals surface area contributed by atoms with E-state index in [0.29, 0.717) is 15.7 Å². The molecule has 0 atom stereocenters. The quantitative estimate of drug-likeness (QED) is 0.826. The molecule has 0 aliphatic rings. The monoisotopic (exact) mass is 267 g/mol. The molecule has 4 heteroatoms. The maximum absolute atomic E-state index is 6.00. The molecule has 0 unspecified atom stereocenters. The van der Waals surface area contributed by atoms with Gasteiger partial charge in [-0.15, -0.1) is 0 Å². The Morgan fingerprint density at radius 3 is 2.24 bits per heavy atom. The van der Waals surface area contributed by atoms with Gasteiger partial charge in [0.1, 0.15) is 5.75 Å². The Balaban J connectivity index is 2.52. The molecule has 2 aromatic carbocycles. The van der Waals surface area contributed by atoms with Gasteiger partial charge in [0, 0.05) is 0 Å². The van der Waals surface area contributed by atoms with Crippen LogP contribution < -0.4 is 10.5 Å². The molecule has 0 bridgehead atoms. The van der Waals surface area contributed by atoms with Gasteiger partial charge in [0.2, 0.25) is 0 Å². The highest BCUT2D eigenvalue weighted by Gasteiger charge is 2.07. The summed E-state index contributed by atoms with van der Waals surface area (Å²) in [5.74, 6) is 0.784. The van der Waals surface area contributed by atoms with Crippen molar-refractivity contribution in [1.29, 1.82) is 0 Å². The second kappa shape index (κ2) is 4.86. The molecule has 2 N–H and O–H groups in total. The van der Waals surface area contributed by atoms with Gasteiger partial charge < -0.3 is 10.5 Å². The van der Waals surface area contributed by atoms with E-state index in [9.17, 15) is 0 Å². The minimum Gasteiger partial charge on any atom is -0.497 e. The number of hydrogen-bond acceptors (Lipinski definition) is 2. The molecule has 0 aliphatic heterocycles. The number of halogens is 2. The molecule has 0 saturated carbocycles. The smallest absolute Gasteiger partial charge is 0.119 e. The van der Waals surface area contributed by atoms with Crippen LogP contribution in [0.3, 0.4) is 0 Å². The van der Waals surface area contributed by atoms with Crippen LogP contribution in [0.1, 0.15) is 0 Å². The first-order valence-electron chi connectivity index (χ1n) is 5.01. The fourth-order valence-electron chi connectivity index (χ4n) is 1.55. The summed E-state index contributed by atoms with van der Waals surface area (Å²) in [5.41, 5.74) is 7.99. The van der Waals surface area contributed by atoms with Crippen LogP contribution in [0.4, 0.5) is 5.69 Å². The normalized spacial score (nSPS) is 10.3. The van der Waals surface area contributed by atoms with E-state index in [0.717, 1.165) is 16.9 Å². The molecule has 0 amide bonds. The lowest BCUT2D eigenvalue weighted by atomic mass is 10.1. The molecule has 17 heavy (non-hydrogen) atoms. The van der Waals surface area contributed by atoms with Crippen molar-refractivity contribution in [3.8, 4) is 16.9 Å². The van der Waals surface area contributed by atoms with E-state index < -0.39 is 0 Å². The first-order chi connectivity index (χ1) is 8.11. The Hall–Kier alpha value is -1.38. The third-order valence-corrected chi connectivity index (χ3v) is 3.11. The SMILES string of the molecule is COc1cccc(-c2cc(Cl)c(N)c(Cl)c2)c1. The van der Waals surface area contributed by atoms with Crippen molar-refractivity contribution in [3.63, 3.8) is 0 Å². The van der Waals surface area contributed by atoms with Crippen LogP contribution in [0.15, 0.2) is 36.4 Å². The third kappa shape index (κ3) is 2.48. The minimum atomic E-state index is 0.403. The molecule has 0 fully saturated rings. The summed E-state index contributed by atoms with van der Waals surface area (Å²) in [6.45, 7) is 0. The van der Waals surface area contributed by atoms with E-state index in [4.69, 9.17) is 33.7 Å². The third-order valence-electron chi connectivity index (χ3n) is 2.48. The number of benzene rings is 2. The molecule has 0 heterocycles. The van der Waals surface area contributed by atoms with Gasteiger partial charge in [0.25, 0.3) is 0 Å². The zero-order valence-corrected chi connectivity index (χ0v) is 10.7. The highest BCUT2D eigenvalue weighted by atomic mass is 35.5. The van der Waals surface area contributed by atoms with Crippen molar-refractivity contribution < 1.29 is 4.74 Å². The second-order valence-electron chi connectivity index (χ2n) is 3.59. The Kier molecular flexibility index (Phi) is 3.46. The van der Waals surface area contributed by atoms with Crippen molar-refractivity contribution in [2.24, 2.45) is 0 Å². The maximum atomic E-state index is 6.00. The van der Waals surface area contributed by atoms with Gasteiger partial charge >= 0.3 is 0 Å². The molecule has 2 nitrogen and oxygen atoms in total. The van der Waals surface area contributed by atoms with E-state index >= 15 is 0 Å². The Labute approximate surface area is 110 Å². The van der Waals surface area contributed by atoms with Crippen LogP contribution in [-0.2, 0) is 0 Å². The molecule has 2 aromatic rings. The zero-order valence-electron chi connectivity index (χ0n) is 9.21. The summed E-state index contributed by atoms with van der Waals surface area (Å²) in [5, 5.41) is 0.908. The summed E-state index contributed by atoms with van der Waals surface area (Å²) in [6, 6.07) is 11.2. The van der Waals surface area contributed by atoms with Crippen molar-refractivity contribution in [2.45, 2.75) is 0 Å². The Morgan fingerprint density at radius 1 is 1.00 bits per heavy atom. The van der Waals surface area contributed by atoms with Crippen molar-refractivity contribution >= 4 is 28.9 Å². The zero-order chi connectivity index (χ0) is 12.4. The van der Waals surface area contributed by atoms with Gasteiger partial charge in [-0.1, -0.05) is 35.3 Å². The van der Waals surface area contributed by atoms with Gasteiger partial charge in [0.15, 0.2) is 0 Å². The lowest BCUT2D eigenvalue weighted by molar-refractivity contribution is 0.415. The van der Waals surface area contributed by atoms with Crippen LogP contribution in [-0.4, -0.2) is 7.11 Å². The number of ether oxygens (including phenoxy) is 1. The molecular formula is C13H11Cl2NO. The number of nitrogen functional groups attached to an aromatic ring is 1. The molecule has 0 saturated heterocycles. The van der Waals surface area contributed by atoms with Gasteiger partial charge in [-0.3, -0.25) is 0 Å². The predicted molar refractivity (Wildman–Crippen MR) is 72.9 cm³/mol. The summed E-state index contributed by atoms with van der Waals surface area (Å²) in [4.78, 5) is 0. The van der Waals surface area contributed by atoms with Crippen LogP contribution in [0.5, 0.6) is 5.75 Å².